The highest BCUT2D eigenvalue weighted by Crippen LogP contribution is 2.19. The fourth-order valence-corrected chi connectivity index (χ4v) is 2.30. The molecule has 9 nitrogen and oxygen atoms in total. The summed E-state index contributed by atoms with van der Waals surface area (Å²) in [6.45, 7) is 6.35. The van der Waals surface area contributed by atoms with Crippen LogP contribution in [-0.2, 0) is 16.0 Å². The molecule has 0 radical (unpaired) electrons. The molecule has 24 heavy (non-hydrogen) atoms. The summed E-state index contributed by atoms with van der Waals surface area (Å²) in [7, 11) is 0. The molecule has 1 aliphatic rings. The number of hydrogen-bond acceptors (Lipinski definition) is 7. The van der Waals surface area contributed by atoms with Crippen molar-refractivity contribution in [1.82, 2.24) is 14.7 Å². The number of carbonyl (C=O) groups excluding carboxylic acids is 2. The molecule has 0 aliphatic carbocycles. The van der Waals surface area contributed by atoms with Crippen molar-refractivity contribution in [2.45, 2.75) is 39.8 Å². The Morgan fingerprint density at radius 3 is 2.75 bits per heavy atom. The van der Waals surface area contributed by atoms with E-state index in [0.29, 0.717) is 19.6 Å². The van der Waals surface area contributed by atoms with E-state index in [-0.39, 0.29) is 23.5 Å². The van der Waals surface area contributed by atoms with Crippen molar-refractivity contribution in [3.05, 3.63) is 22.1 Å². The van der Waals surface area contributed by atoms with E-state index < -0.39 is 18.4 Å². The highest BCUT2D eigenvalue weighted by atomic mass is 16.8. The molecule has 1 aliphatic heterocycles. The van der Waals surface area contributed by atoms with Crippen LogP contribution in [0, 0.1) is 0 Å². The summed E-state index contributed by atoms with van der Waals surface area (Å²) in [5.74, 6) is -0.499. The van der Waals surface area contributed by atoms with Crippen molar-refractivity contribution in [3.8, 4) is 5.75 Å². The Balaban J connectivity index is 2.15. The Morgan fingerprint density at radius 2 is 2.08 bits per heavy atom. The van der Waals surface area contributed by atoms with Crippen LogP contribution in [0.3, 0.4) is 0 Å². The van der Waals surface area contributed by atoms with E-state index in [2.05, 4.69) is 5.10 Å². The maximum absolute atomic E-state index is 12.5. The van der Waals surface area contributed by atoms with E-state index in [0.717, 1.165) is 12.6 Å². The van der Waals surface area contributed by atoms with Gasteiger partial charge in [-0.3, -0.25) is 14.3 Å². The van der Waals surface area contributed by atoms with E-state index in [4.69, 9.17) is 14.2 Å². The minimum atomic E-state index is -0.910. The summed E-state index contributed by atoms with van der Waals surface area (Å²) in [5, 5.41) is 3.95. The standard InChI is InChI=1S/C15H21N3O6/c1-4-5-17-6-7-18-12(14(17)20)13(11(19)8-16-18)22-9-23-15(21)24-10(2)3/h8,10H,4-7,9H2,1-3H3. The average molecular weight is 339 g/mol. The van der Waals surface area contributed by atoms with Crippen molar-refractivity contribution in [2.24, 2.45) is 0 Å². The predicted octanol–water partition coefficient (Wildman–Crippen LogP) is 1.01. The molecule has 9 heteroatoms. The minimum absolute atomic E-state index is 0.0722. The first-order valence-electron chi connectivity index (χ1n) is 7.79. The van der Waals surface area contributed by atoms with E-state index in [1.54, 1.807) is 18.7 Å². The van der Waals surface area contributed by atoms with Gasteiger partial charge in [0, 0.05) is 13.1 Å². The first kappa shape index (κ1) is 17.8. The lowest BCUT2D eigenvalue weighted by molar-refractivity contribution is -0.00917. The predicted molar refractivity (Wildman–Crippen MR) is 82.9 cm³/mol. The Morgan fingerprint density at radius 1 is 1.33 bits per heavy atom. The van der Waals surface area contributed by atoms with Crippen LogP contribution in [0.25, 0.3) is 0 Å². The highest BCUT2D eigenvalue weighted by molar-refractivity contribution is 5.95. The second-order valence-electron chi connectivity index (χ2n) is 5.53. The first-order chi connectivity index (χ1) is 11.4. The highest BCUT2D eigenvalue weighted by Gasteiger charge is 2.29. The van der Waals surface area contributed by atoms with E-state index in [9.17, 15) is 14.4 Å². The summed E-state index contributed by atoms with van der Waals surface area (Å²) in [4.78, 5) is 37.5. The van der Waals surface area contributed by atoms with Gasteiger partial charge in [0.1, 0.15) is 0 Å². The zero-order valence-electron chi connectivity index (χ0n) is 14.0. The van der Waals surface area contributed by atoms with Crippen LogP contribution in [0.4, 0.5) is 4.79 Å². The largest absolute Gasteiger partial charge is 0.511 e. The molecule has 0 saturated carbocycles. The van der Waals surface area contributed by atoms with Gasteiger partial charge in [-0.2, -0.15) is 5.10 Å². The molecule has 2 rings (SSSR count). The monoisotopic (exact) mass is 339 g/mol. The average Bonchev–Trinajstić information content (AvgIpc) is 2.51. The molecule has 0 aromatic carbocycles. The topological polar surface area (TPSA) is 100.0 Å². The van der Waals surface area contributed by atoms with Crippen molar-refractivity contribution < 1.29 is 23.8 Å². The Bertz CT molecular complexity index is 670. The van der Waals surface area contributed by atoms with E-state index >= 15 is 0 Å². The lowest BCUT2D eigenvalue weighted by Crippen LogP contribution is -2.43. The van der Waals surface area contributed by atoms with Gasteiger partial charge in [0.05, 0.1) is 18.8 Å². The number of fused-ring (bicyclic) bond motifs is 1. The Labute approximate surface area is 139 Å². The number of carbonyl (C=O) groups is 2. The zero-order valence-corrected chi connectivity index (χ0v) is 14.0. The van der Waals surface area contributed by atoms with Crippen molar-refractivity contribution >= 4 is 12.1 Å². The van der Waals surface area contributed by atoms with Gasteiger partial charge >= 0.3 is 6.16 Å². The van der Waals surface area contributed by atoms with Crippen LogP contribution >= 0.6 is 0 Å². The van der Waals surface area contributed by atoms with Crippen molar-refractivity contribution in [2.75, 3.05) is 19.9 Å². The van der Waals surface area contributed by atoms with Gasteiger partial charge in [0.15, 0.2) is 5.69 Å². The number of hydrogen-bond donors (Lipinski definition) is 0. The van der Waals surface area contributed by atoms with Gasteiger partial charge in [-0.05, 0) is 20.3 Å². The van der Waals surface area contributed by atoms with Gasteiger partial charge in [0.25, 0.3) is 5.91 Å². The van der Waals surface area contributed by atoms with Gasteiger partial charge in [-0.25, -0.2) is 4.79 Å². The molecule has 0 spiro atoms. The third-order valence-electron chi connectivity index (χ3n) is 3.29. The lowest BCUT2D eigenvalue weighted by Gasteiger charge is -2.29. The van der Waals surface area contributed by atoms with Gasteiger partial charge in [-0.1, -0.05) is 6.92 Å². The van der Waals surface area contributed by atoms with Crippen LogP contribution in [0.1, 0.15) is 37.7 Å². The summed E-state index contributed by atoms with van der Waals surface area (Å²) >= 11 is 0. The molecule has 1 aromatic rings. The minimum Gasteiger partial charge on any atom is -0.451 e. The number of amides is 1. The Hall–Kier alpha value is -2.58. The zero-order chi connectivity index (χ0) is 17.7. The second kappa shape index (κ2) is 7.80. The molecule has 0 atom stereocenters. The summed E-state index contributed by atoms with van der Waals surface area (Å²) in [6, 6.07) is 0. The quantitative estimate of drug-likeness (QED) is 0.563. The molecular weight excluding hydrogens is 318 g/mol. The summed E-state index contributed by atoms with van der Waals surface area (Å²) in [6.07, 6.45) is 0.637. The van der Waals surface area contributed by atoms with Gasteiger partial charge < -0.3 is 19.1 Å². The third-order valence-corrected chi connectivity index (χ3v) is 3.29. The smallest absolute Gasteiger partial charge is 0.451 e. The number of nitrogens with zero attached hydrogens (tertiary/aromatic N) is 3. The maximum Gasteiger partial charge on any atom is 0.511 e. The van der Waals surface area contributed by atoms with Crippen LogP contribution in [0.2, 0.25) is 0 Å². The SMILES string of the molecule is CCCN1CCn2ncc(=O)c(OCOC(=O)OC(C)C)c2C1=O. The first-order valence-corrected chi connectivity index (χ1v) is 7.79. The third kappa shape index (κ3) is 4.03. The van der Waals surface area contributed by atoms with E-state index in [1.807, 2.05) is 6.92 Å². The lowest BCUT2D eigenvalue weighted by atomic mass is 10.2. The van der Waals surface area contributed by atoms with Crippen molar-refractivity contribution in [1.29, 1.82) is 0 Å². The molecule has 2 heterocycles. The Kier molecular flexibility index (Phi) is 5.78. The van der Waals surface area contributed by atoms with Gasteiger partial charge in [-0.15, -0.1) is 0 Å². The van der Waals surface area contributed by atoms with Gasteiger partial charge in [0.2, 0.25) is 18.0 Å². The molecule has 132 valence electrons. The molecule has 1 aromatic heterocycles. The summed E-state index contributed by atoms with van der Waals surface area (Å²) < 4.78 is 16.2. The molecular formula is C15H21N3O6. The van der Waals surface area contributed by atoms with Crippen LogP contribution < -0.4 is 10.2 Å². The summed E-state index contributed by atoms with van der Waals surface area (Å²) in [5.41, 5.74) is -0.475. The van der Waals surface area contributed by atoms with Crippen LogP contribution in [0.15, 0.2) is 11.0 Å². The number of aromatic nitrogens is 2. The number of rotatable bonds is 6. The molecule has 0 fully saturated rings. The van der Waals surface area contributed by atoms with Crippen LogP contribution in [-0.4, -0.2) is 52.7 Å². The van der Waals surface area contributed by atoms with Crippen molar-refractivity contribution in [3.63, 3.8) is 0 Å². The number of ether oxygens (including phenoxy) is 3. The van der Waals surface area contributed by atoms with Crippen LogP contribution in [0.5, 0.6) is 5.75 Å². The second-order valence-corrected chi connectivity index (χ2v) is 5.53. The molecule has 0 saturated heterocycles. The maximum atomic E-state index is 12.5. The fourth-order valence-electron chi connectivity index (χ4n) is 2.30. The molecule has 0 bridgehead atoms. The molecule has 1 amide bonds. The fraction of sp³-hybridized carbons (Fsp3) is 0.600. The molecule has 0 N–H and O–H groups in total. The molecule has 0 unspecified atom stereocenters. The van der Waals surface area contributed by atoms with E-state index in [1.165, 1.54) is 4.68 Å². The normalized spacial score (nSPS) is 13.7.